The van der Waals surface area contributed by atoms with Crippen LogP contribution in [0.2, 0.25) is 0 Å². The van der Waals surface area contributed by atoms with E-state index in [0.717, 1.165) is 0 Å². The van der Waals surface area contributed by atoms with Gasteiger partial charge in [-0.15, -0.1) is 0 Å². The van der Waals surface area contributed by atoms with Crippen molar-refractivity contribution in [3.8, 4) is 0 Å². The van der Waals surface area contributed by atoms with Crippen LogP contribution in [0.3, 0.4) is 0 Å². The van der Waals surface area contributed by atoms with Gasteiger partial charge in [-0.1, -0.05) is 62.5 Å². The summed E-state index contributed by atoms with van der Waals surface area (Å²) in [6.07, 6.45) is -6.71. The average molecular weight is 647 g/mol. The number of carbonyl (C=O) groups is 1. The summed E-state index contributed by atoms with van der Waals surface area (Å²) in [5, 5.41) is 8.09. The van der Waals surface area contributed by atoms with Crippen molar-refractivity contribution < 1.29 is 47.4 Å². The summed E-state index contributed by atoms with van der Waals surface area (Å²) in [6, 6.07) is 0. The molecule has 4 saturated heterocycles. The number of rotatable bonds is 6. The van der Waals surface area contributed by atoms with Gasteiger partial charge in [0.05, 0.1) is 25.4 Å². The van der Waals surface area contributed by atoms with Gasteiger partial charge >= 0.3 is 5.97 Å². The monoisotopic (exact) mass is 645 g/mol. The quantitative estimate of drug-likeness (QED) is 0.190. The molecule has 0 amide bonds. The number of esters is 1. The fourth-order valence-electron chi connectivity index (χ4n) is 5.85. The van der Waals surface area contributed by atoms with Gasteiger partial charge in [-0.2, -0.15) is 0 Å². The highest BCUT2D eigenvalue weighted by atomic mass is 35.6. The van der Waals surface area contributed by atoms with E-state index in [2.05, 4.69) is 20.8 Å². The Kier molecular flexibility index (Phi) is 10.5. The molecule has 0 spiro atoms. The highest BCUT2D eigenvalue weighted by Gasteiger charge is 2.56. The van der Waals surface area contributed by atoms with E-state index in [0.29, 0.717) is 18.4 Å². The van der Waals surface area contributed by atoms with Gasteiger partial charge in [-0.05, 0) is 32.6 Å². The molecule has 0 aromatic heterocycles. The lowest BCUT2D eigenvalue weighted by Crippen LogP contribution is -2.61. The van der Waals surface area contributed by atoms with Crippen LogP contribution in [-0.4, -0.2) is 90.2 Å². The topological polar surface area (TPSA) is 124 Å². The fraction of sp³-hybridized carbons (Fsp3) is 0.926. The molecule has 0 saturated carbocycles. The van der Waals surface area contributed by atoms with Crippen LogP contribution >= 0.6 is 34.8 Å². The van der Waals surface area contributed by atoms with Crippen LogP contribution < -0.4 is 0 Å². The molecule has 11 nitrogen and oxygen atoms in total. The van der Waals surface area contributed by atoms with Gasteiger partial charge in [0, 0.05) is 18.8 Å². The Balaban J connectivity index is 1.56. The molecule has 4 heterocycles. The first kappa shape index (κ1) is 33.4. The molecule has 0 aromatic carbocycles. The summed E-state index contributed by atoms with van der Waals surface area (Å²) >= 11 is 17.6. The number of fused-ring (bicyclic) bond motifs is 1. The second-order valence-corrected chi connectivity index (χ2v) is 14.3. The van der Waals surface area contributed by atoms with Gasteiger partial charge in [0.15, 0.2) is 30.6 Å². The number of halogens is 3. The van der Waals surface area contributed by atoms with Gasteiger partial charge in [0.25, 0.3) is 3.79 Å². The van der Waals surface area contributed by atoms with E-state index in [9.17, 15) is 4.79 Å². The van der Waals surface area contributed by atoms with Crippen molar-refractivity contribution in [1.29, 1.82) is 5.41 Å². The van der Waals surface area contributed by atoms with Crippen LogP contribution in [-0.2, 0) is 47.4 Å². The molecule has 4 rings (SSSR count). The number of hydrogen-bond donors (Lipinski definition) is 1. The zero-order valence-electron chi connectivity index (χ0n) is 24.6. The van der Waals surface area contributed by atoms with Crippen LogP contribution in [0.15, 0.2) is 0 Å². The molecule has 0 radical (unpaired) electrons. The van der Waals surface area contributed by atoms with E-state index in [1.54, 1.807) is 13.8 Å². The predicted octanol–water partition coefficient (Wildman–Crippen LogP) is 4.57. The maximum atomic E-state index is 12.2. The Morgan fingerprint density at radius 3 is 2.10 bits per heavy atom. The summed E-state index contributed by atoms with van der Waals surface area (Å²) in [7, 11) is 0. The third kappa shape index (κ3) is 7.61. The van der Waals surface area contributed by atoms with Crippen LogP contribution in [0.1, 0.15) is 55.4 Å². The van der Waals surface area contributed by atoms with Crippen molar-refractivity contribution in [3.05, 3.63) is 0 Å². The minimum absolute atomic E-state index is 0.0873. The van der Waals surface area contributed by atoms with Crippen molar-refractivity contribution >= 4 is 46.7 Å². The SMILES string of the molecule is CC(=O)OC1[C@H](OC2C(OC(=N)C(Cl)(Cl)Cl)OC[C@@H]3OC(C)(C)O[C@@H]23)OC(C)[C@H](O[C@@H]2OC[C@@H](C)[C@H](C)C2C)[C@@H]1C. The molecule has 0 aromatic rings. The van der Waals surface area contributed by atoms with Gasteiger partial charge in [-0.3, -0.25) is 10.2 Å². The summed E-state index contributed by atoms with van der Waals surface area (Å²) in [5.41, 5.74) is 0. The highest BCUT2D eigenvalue weighted by molar-refractivity contribution is 6.76. The third-order valence-corrected chi connectivity index (χ3v) is 8.92. The van der Waals surface area contributed by atoms with Crippen molar-refractivity contribution in [3.63, 3.8) is 0 Å². The van der Waals surface area contributed by atoms with Crippen molar-refractivity contribution in [2.75, 3.05) is 13.2 Å². The molecule has 4 fully saturated rings. The number of carbonyl (C=O) groups excluding carboxylic acids is 1. The molecule has 236 valence electrons. The molecule has 1 N–H and O–H groups in total. The van der Waals surface area contributed by atoms with Crippen LogP contribution in [0, 0.1) is 29.1 Å². The van der Waals surface area contributed by atoms with E-state index in [1.165, 1.54) is 6.92 Å². The molecule has 5 unspecified atom stereocenters. The van der Waals surface area contributed by atoms with E-state index in [-0.39, 0.29) is 18.4 Å². The Hall–Kier alpha value is -0.470. The van der Waals surface area contributed by atoms with Gasteiger partial charge < -0.3 is 42.6 Å². The molecule has 41 heavy (non-hydrogen) atoms. The van der Waals surface area contributed by atoms with Gasteiger partial charge in [0.1, 0.15) is 12.2 Å². The van der Waals surface area contributed by atoms with Crippen molar-refractivity contribution in [2.24, 2.45) is 23.7 Å². The normalized spacial score (nSPS) is 44.6. The first-order valence-electron chi connectivity index (χ1n) is 14.0. The molecular weight excluding hydrogens is 605 g/mol. The number of nitrogens with one attached hydrogen (secondary N) is 1. The third-order valence-electron chi connectivity index (χ3n) is 8.41. The fourth-order valence-corrected chi connectivity index (χ4v) is 5.99. The molecule has 14 heteroatoms. The van der Waals surface area contributed by atoms with E-state index in [4.69, 9.17) is 82.8 Å². The molecule has 0 aliphatic carbocycles. The zero-order valence-corrected chi connectivity index (χ0v) is 26.9. The lowest BCUT2D eigenvalue weighted by Gasteiger charge is -2.48. The van der Waals surface area contributed by atoms with Crippen LogP contribution in [0.25, 0.3) is 0 Å². The van der Waals surface area contributed by atoms with Gasteiger partial charge in [0.2, 0.25) is 12.2 Å². The molecule has 0 bridgehead atoms. The second-order valence-electron chi connectivity index (χ2n) is 12.0. The number of ether oxygens (including phenoxy) is 9. The second kappa shape index (κ2) is 12.9. The van der Waals surface area contributed by atoms with E-state index < -0.39 is 76.9 Å². The zero-order chi connectivity index (χ0) is 30.4. The number of alkyl halides is 3. The Labute approximate surface area is 256 Å². The van der Waals surface area contributed by atoms with Crippen LogP contribution in [0.4, 0.5) is 0 Å². The predicted molar refractivity (Wildman–Crippen MR) is 149 cm³/mol. The first-order chi connectivity index (χ1) is 19.0. The molecule has 4 aliphatic rings. The summed E-state index contributed by atoms with van der Waals surface area (Å²) in [4.78, 5) is 12.2. The summed E-state index contributed by atoms with van der Waals surface area (Å²) < 4.78 is 52.5. The maximum absolute atomic E-state index is 12.2. The van der Waals surface area contributed by atoms with Crippen molar-refractivity contribution in [2.45, 2.75) is 120 Å². The molecule has 13 atom stereocenters. The Morgan fingerprint density at radius 1 is 0.829 bits per heavy atom. The lowest BCUT2D eigenvalue weighted by molar-refractivity contribution is -0.351. The largest absolute Gasteiger partial charge is 0.457 e. The van der Waals surface area contributed by atoms with E-state index >= 15 is 0 Å². The van der Waals surface area contributed by atoms with Gasteiger partial charge in [-0.25, -0.2) is 0 Å². The smallest absolute Gasteiger partial charge is 0.303 e. The average Bonchev–Trinajstić information content (AvgIpc) is 3.18. The Morgan fingerprint density at radius 2 is 1.46 bits per heavy atom. The maximum Gasteiger partial charge on any atom is 0.303 e. The first-order valence-corrected chi connectivity index (χ1v) is 15.2. The van der Waals surface area contributed by atoms with E-state index in [1.807, 2.05) is 13.8 Å². The minimum Gasteiger partial charge on any atom is -0.457 e. The van der Waals surface area contributed by atoms with Crippen molar-refractivity contribution in [1.82, 2.24) is 0 Å². The highest BCUT2D eigenvalue weighted by Crippen LogP contribution is 2.41. The number of hydrogen-bond acceptors (Lipinski definition) is 11. The lowest BCUT2D eigenvalue weighted by atomic mass is 9.82. The Bertz CT molecular complexity index is 951. The molecule has 4 aliphatic heterocycles. The molecular formula is C27H42Cl3NO10. The summed E-state index contributed by atoms with van der Waals surface area (Å²) in [6.45, 7) is 15.8. The summed E-state index contributed by atoms with van der Waals surface area (Å²) in [5.74, 6) is -1.48. The minimum atomic E-state index is -2.13. The van der Waals surface area contributed by atoms with Crippen LogP contribution in [0.5, 0.6) is 0 Å². The standard InChI is InChI=1S/C27H42Cl3NO10/c1-11-9-33-22(13(3)12(11)2)37-18-14(4)19(36-16(6)32)24(35-15(18)5)38-21-20-17(40-26(7,8)41-20)10-34-23(21)39-25(31)27(28,29)30/h11-15,17-24,31H,9-10H2,1-8H3/t11-,12+,13?,14+,15?,17+,18-,19?,20-,21?,22+,23?,24+/m1/s1.